The number of nitrogens with one attached hydrogen (secondary N) is 1. The summed E-state index contributed by atoms with van der Waals surface area (Å²) in [7, 11) is 0. The van der Waals surface area contributed by atoms with E-state index in [9.17, 15) is 9.90 Å². The van der Waals surface area contributed by atoms with Crippen LogP contribution in [-0.2, 0) is 0 Å². The lowest BCUT2D eigenvalue weighted by Gasteiger charge is -2.25. The van der Waals surface area contributed by atoms with Crippen molar-refractivity contribution in [3.05, 3.63) is 22.4 Å². The summed E-state index contributed by atoms with van der Waals surface area (Å²) in [4.78, 5) is 12.3. The summed E-state index contributed by atoms with van der Waals surface area (Å²) in [5, 5.41) is 14.5. The average molecular weight is 241 g/mol. The van der Waals surface area contributed by atoms with Crippen LogP contribution < -0.4 is 5.32 Å². The number of hydrogen-bond acceptors (Lipinski definition) is 3. The minimum atomic E-state index is -0.392. The molecular formula is C12H19NO2S. The van der Waals surface area contributed by atoms with Gasteiger partial charge >= 0.3 is 0 Å². The van der Waals surface area contributed by atoms with Crippen molar-refractivity contribution in [2.75, 3.05) is 6.54 Å². The number of aliphatic hydroxyl groups excluding tert-OH is 1. The number of carbonyl (C=O) groups excluding carboxylic acids is 1. The fourth-order valence-corrected chi connectivity index (χ4v) is 1.89. The summed E-state index contributed by atoms with van der Waals surface area (Å²) >= 11 is 1.42. The Morgan fingerprint density at radius 3 is 2.75 bits per heavy atom. The first-order valence-electron chi connectivity index (χ1n) is 5.41. The summed E-state index contributed by atoms with van der Waals surface area (Å²) < 4.78 is 0. The van der Waals surface area contributed by atoms with E-state index in [1.54, 1.807) is 6.07 Å². The van der Waals surface area contributed by atoms with Crippen LogP contribution in [0.25, 0.3) is 0 Å². The number of rotatable bonds is 4. The Labute approximate surface area is 100 Å². The zero-order valence-corrected chi connectivity index (χ0v) is 10.8. The molecule has 0 aromatic carbocycles. The first-order valence-corrected chi connectivity index (χ1v) is 6.29. The van der Waals surface area contributed by atoms with Gasteiger partial charge in [0, 0.05) is 6.54 Å². The highest BCUT2D eigenvalue weighted by Crippen LogP contribution is 2.21. The molecular weight excluding hydrogens is 222 g/mol. The Bertz CT molecular complexity index is 327. The van der Waals surface area contributed by atoms with Gasteiger partial charge in [-0.2, -0.15) is 0 Å². The third-order valence-corrected chi connectivity index (χ3v) is 3.32. The van der Waals surface area contributed by atoms with Crippen molar-refractivity contribution < 1.29 is 9.90 Å². The van der Waals surface area contributed by atoms with E-state index in [1.807, 2.05) is 32.2 Å². The third-order valence-electron chi connectivity index (χ3n) is 2.45. The molecule has 0 radical (unpaired) electrons. The van der Waals surface area contributed by atoms with Crippen LogP contribution in [-0.4, -0.2) is 23.7 Å². The van der Waals surface area contributed by atoms with Crippen LogP contribution in [0.2, 0.25) is 0 Å². The molecule has 0 fully saturated rings. The van der Waals surface area contributed by atoms with Crippen LogP contribution in [0.1, 0.15) is 36.9 Å². The first kappa shape index (κ1) is 13.2. The Hall–Kier alpha value is -0.870. The monoisotopic (exact) mass is 241 g/mol. The van der Waals surface area contributed by atoms with Crippen molar-refractivity contribution in [1.29, 1.82) is 0 Å². The van der Waals surface area contributed by atoms with Crippen LogP contribution in [0.5, 0.6) is 0 Å². The highest BCUT2D eigenvalue weighted by atomic mass is 32.1. The van der Waals surface area contributed by atoms with Gasteiger partial charge in [-0.05, 0) is 23.3 Å². The maximum absolute atomic E-state index is 11.6. The zero-order chi connectivity index (χ0) is 12.2. The van der Waals surface area contributed by atoms with Gasteiger partial charge in [-0.15, -0.1) is 11.3 Å². The summed E-state index contributed by atoms with van der Waals surface area (Å²) in [6.45, 7) is 6.46. The van der Waals surface area contributed by atoms with Gasteiger partial charge in [-0.25, -0.2) is 0 Å². The molecule has 16 heavy (non-hydrogen) atoms. The highest BCUT2D eigenvalue weighted by Gasteiger charge is 2.21. The number of aliphatic hydroxyl groups is 1. The lowest BCUT2D eigenvalue weighted by molar-refractivity contribution is 0.0551. The second kappa shape index (κ2) is 5.46. The smallest absolute Gasteiger partial charge is 0.261 e. The SMILES string of the molecule is CC(C)(C)C(O)CCNC(=O)c1cccs1. The minimum Gasteiger partial charge on any atom is -0.393 e. The zero-order valence-electron chi connectivity index (χ0n) is 9.99. The molecule has 0 aliphatic heterocycles. The molecule has 4 heteroatoms. The lowest BCUT2D eigenvalue weighted by Crippen LogP contribution is -2.32. The van der Waals surface area contributed by atoms with E-state index in [1.165, 1.54) is 11.3 Å². The van der Waals surface area contributed by atoms with Crippen LogP contribution in [0, 0.1) is 5.41 Å². The van der Waals surface area contributed by atoms with Gasteiger partial charge < -0.3 is 10.4 Å². The van der Waals surface area contributed by atoms with E-state index >= 15 is 0 Å². The molecule has 0 aliphatic rings. The summed E-state index contributed by atoms with van der Waals surface area (Å²) in [6.07, 6.45) is 0.191. The maximum Gasteiger partial charge on any atom is 0.261 e. The molecule has 1 rings (SSSR count). The van der Waals surface area contributed by atoms with Gasteiger partial charge in [0.1, 0.15) is 0 Å². The number of carbonyl (C=O) groups is 1. The molecule has 0 bridgehead atoms. The number of hydrogen-bond donors (Lipinski definition) is 2. The summed E-state index contributed by atoms with van der Waals surface area (Å²) in [5.74, 6) is -0.0592. The molecule has 1 aromatic heterocycles. The largest absolute Gasteiger partial charge is 0.393 e. The van der Waals surface area contributed by atoms with Crippen LogP contribution in [0.15, 0.2) is 17.5 Å². The maximum atomic E-state index is 11.6. The van der Waals surface area contributed by atoms with Crippen molar-refractivity contribution in [3.8, 4) is 0 Å². The van der Waals surface area contributed by atoms with E-state index < -0.39 is 6.10 Å². The van der Waals surface area contributed by atoms with Gasteiger partial charge in [-0.3, -0.25) is 4.79 Å². The molecule has 1 unspecified atom stereocenters. The fraction of sp³-hybridized carbons (Fsp3) is 0.583. The lowest BCUT2D eigenvalue weighted by atomic mass is 9.87. The molecule has 3 nitrogen and oxygen atoms in total. The van der Waals surface area contributed by atoms with Gasteiger partial charge in [0.25, 0.3) is 5.91 Å². The molecule has 1 heterocycles. The highest BCUT2D eigenvalue weighted by molar-refractivity contribution is 7.12. The van der Waals surface area contributed by atoms with E-state index in [2.05, 4.69) is 5.32 Å². The molecule has 2 N–H and O–H groups in total. The van der Waals surface area contributed by atoms with Gasteiger partial charge in [-0.1, -0.05) is 26.8 Å². The van der Waals surface area contributed by atoms with E-state index in [0.29, 0.717) is 17.8 Å². The van der Waals surface area contributed by atoms with Crippen molar-refractivity contribution in [1.82, 2.24) is 5.32 Å². The number of amides is 1. The quantitative estimate of drug-likeness (QED) is 0.849. The molecule has 1 amide bonds. The Kier molecular flexibility index (Phi) is 4.50. The normalized spacial score (nSPS) is 13.5. The Balaban J connectivity index is 2.29. The van der Waals surface area contributed by atoms with Crippen molar-refractivity contribution >= 4 is 17.2 Å². The van der Waals surface area contributed by atoms with Gasteiger partial charge in [0.15, 0.2) is 0 Å². The second-order valence-corrected chi connectivity index (χ2v) is 5.85. The number of thiophene rings is 1. The summed E-state index contributed by atoms with van der Waals surface area (Å²) in [6, 6.07) is 3.64. The fourth-order valence-electron chi connectivity index (χ4n) is 1.25. The molecule has 1 atom stereocenters. The average Bonchev–Trinajstić information content (AvgIpc) is 2.68. The minimum absolute atomic E-state index is 0.0592. The molecule has 0 spiro atoms. The predicted octanol–water partition coefficient (Wildman–Crippen LogP) is 2.28. The van der Waals surface area contributed by atoms with Gasteiger partial charge in [0.05, 0.1) is 11.0 Å². The second-order valence-electron chi connectivity index (χ2n) is 4.90. The Morgan fingerprint density at radius 2 is 2.25 bits per heavy atom. The topological polar surface area (TPSA) is 49.3 Å². The van der Waals surface area contributed by atoms with Gasteiger partial charge in [0.2, 0.25) is 0 Å². The molecule has 0 aliphatic carbocycles. The van der Waals surface area contributed by atoms with E-state index in [0.717, 1.165) is 0 Å². The standard InChI is InChI=1S/C12H19NO2S/c1-12(2,3)10(14)6-7-13-11(15)9-5-4-8-16-9/h4-5,8,10,14H,6-7H2,1-3H3,(H,13,15). The van der Waals surface area contributed by atoms with Crippen molar-refractivity contribution in [3.63, 3.8) is 0 Å². The van der Waals surface area contributed by atoms with Crippen LogP contribution in [0.4, 0.5) is 0 Å². The van der Waals surface area contributed by atoms with Crippen molar-refractivity contribution in [2.45, 2.75) is 33.3 Å². The van der Waals surface area contributed by atoms with Crippen LogP contribution >= 0.6 is 11.3 Å². The van der Waals surface area contributed by atoms with E-state index in [-0.39, 0.29) is 11.3 Å². The molecule has 0 saturated heterocycles. The summed E-state index contributed by atoms with van der Waals surface area (Å²) in [5.41, 5.74) is -0.131. The van der Waals surface area contributed by atoms with E-state index in [4.69, 9.17) is 0 Å². The molecule has 0 saturated carbocycles. The van der Waals surface area contributed by atoms with Crippen molar-refractivity contribution in [2.24, 2.45) is 5.41 Å². The van der Waals surface area contributed by atoms with Crippen LogP contribution in [0.3, 0.4) is 0 Å². The third kappa shape index (κ3) is 3.94. The first-order chi connectivity index (χ1) is 7.41. The predicted molar refractivity (Wildman–Crippen MR) is 66.7 cm³/mol. The molecule has 1 aromatic rings. The Morgan fingerprint density at radius 1 is 1.56 bits per heavy atom. The molecule has 90 valence electrons.